The third-order valence-electron chi connectivity index (χ3n) is 7.01. The molecule has 4 rings (SSSR count). The van der Waals surface area contributed by atoms with E-state index < -0.39 is 6.10 Å². The standard InChI is InChI=1S/C28H35NO3/c1-19(2)24-16-10-20(3)18-26(24)32-27-25(17-11-21-8-6-5-7-9-21)29(28(27)30)22-12-14-23(31-4)15-13-22/h5-9,11-15,17,19-20,24-27H,10,16,18H2,1-4H3/b17-11+/t20-,24-,25+,26-,27-/m1/s1. The summed E-state index contributed by atoms with van der Waals surface area (Å²) in [7, 11) is 1.65. The van der Waals surface area contributed by atoms with E-state index in [2.05, 4.69) is 45.1 Å². The van der Waals surface area contributed by atoms with Crippen LogP contribution >= 0.6 is 0 Å². The summed E-state index contributed by atoms with van der Waals surface area (Å²) in [6, 6.07) is 17.8. The third-order valence-corrected chi connectivity index (χ3v) is 7.01. The van der Waals surface area contributed by atoms with E-state index >= 15 is 0 Å². The Hall–Kier alpha value is -2.59. The molecule has 0 unspecified atom stereocenters. The summed E-state index contributed by atoms with van der Waals surface area (Å²) in [5.74, 6) is 2.52. The molecule has 0 radical (unpaired) electrons. The zero-order valence-electron chi connectivity index (χ0n) is 19.6. The van der Waals surface area contributed by atoms with Gasteiger partial charge in [0, 0.05) is 5.69 Å². The van der Waals surface area contributed by atoms with Gasteiger partial charge in [0.2, 0.25) is 0 Å². The van der Waals surface area contributed by atoms with Crippen LogP contribution < -0.4 is 9.64 Å². The second-order valence-corrected chi connectivity index (χ2v) is 9.59. The smallest absolute Gasteiger partial charge is 0.259 e. The molecule has 32 heavy (non-hydrogen) atoms. The first-order chi connectivity index (χ1) is 15.5. The number of nitrogens with zero attached hydrogens (tertiary/aromatic N) is 1. The number of benzene rings is 2. The number of β-lactam (4-membered cyclic amide) rings is 1. The lowest BCUT2D eigenvalue weighted by Gasteiger charge is -2.48. The fraction of sp³-hybridized carbons (Fsp3) is 0.464. The van der Waals surface area contributed by atoms with E-state index in [4.69, 9.17) is 9.47 Å². The van der Waals surface area contributed by atoms with Crippen LogP contribution in [0.3, 0.4) is 0 Å². The Kier molecular flexibility index (Phi) is 7.00. The van der Waals surface area contributed by atoms with Gasteiger partial charge in [-0.1, -0.05) is 69.7 Å². The second-order valence-electron chi connectivity index (χ2n) is 9.59. The Morgan fingerprint density at radius 1 is 1.03 bits per heavy atom. The summed E-state index contributed by atoms with van der Waals surface area (Å²) in [5.41, 5.74) is 1.99. The van der Waals surface area contributed by atoms with Crippen molar-refractivity contribution in [3.8, 4) is 5.75 Å². The molecular formula is C28H35NO3. The molecule has 0 bridgehead atoms. The van der Waals surface area contributed by atoms with Crippen molar-refractivity contribution in [3.63, 3.8) is 0 Å². The van der Waals surface area contributed by atoms with Crippen LogP contribution in [0.2, 0.25) is 0 Å². The lowest BCUT2D eigenvalue weighted by molar-refractivity contribution is -0.154. The third kappa shape index (κ3) is 4.75. The van der Waals surface area contributed by atoms with Gasteiger partial charge < -0.3 is 9.47 Å². The summed E-state index contributed by atoms with van der Waals surface area (Å²) in [6.45, 7) is 6.85. The SMILES string of the molecule is COc1ccc(N2C(=O)[C@H](O[C@@H]3C[C@H](C)CC[C@@H]3C(C)C)[C@@H]2/C=C/c2ccccc2)cc1. The van der Waals surface area contributed by atoms with Gasteiger partial charge in [0.15, 0.2) is 6.10 Å². The van der Waals surface area contributed by atoms with Crippen LogP contribution in [0.1, 0.15) is 45.6 Å². The summed E-state index contributed by atoms with van der Waals surface area (Å²) in [6.07, 6.45) is 7.36. The van der Waals surface area contributed by atoms with E-state index in [-0.39, 0.29) is 18.1 Å². The van der Waals surface area contributed by atoms with Gasteiger partial charge in [0.1, 0.15) is 5.75 Å². The highest BCUT2D eigenvalue weighted by atomic mass is 16.5. The van der Waals surface area contributed by atoms with Gasteiger partial charge in [0.05, 0.1) is 19.3 Å². The maximum absolute atomic E-state index is 13.3. The number of anilines is 1. The first kappa shape index (κ1) is 22.6. The van der Waals surface area contributed by atoms with Crippen molar-refractivity contribution >= 4 is 17.7 Å². The fourth-order valence-corrected chi connectivity index (χ4v) is 5.08. The Balaban J connectivity index is 1.58. The minimum absolute atomic E-state index is 0.0404. The summed E-state index contributed by atoms with van der Waals surface area (Å²) >= 11 is 0. The zero-order chi connectivity index (χ0) is 22.7. The van der Waals surface area contributed by atoms with Crippen LogP contribution in [0.25, 0.3) is 6.08 Å². The predicted octanol–water partition coefficient (Wildman–Crippen LogP) is 5.97. The topological polar surface area (TPSA) is 38.8 Å². The predicted molar refractivity (Wildman–Crippen MR) is 130 cm³/mol. The van der Waals surface area contributed by atoms with Crippen molar-refractivity contribution in [3.05, 3.63) is 66.2 Å². The van der Waals surface area contributed by atoms with Gasteiger partial charge in [-0.25, -0.2) is 0 Å². The molecule has 1 aliphatic heterocycles. The molecule has 2 aromatic rings. The van der Waals surface area contributed by atoms with Crippen molar-refractivity contribution in [1.29, 1.82) is 0 Å². The number of rotatable bonds is 7. The molecule has 4 heteroatoms. The maximum atomic E-state index is 13.3. The van der Waals surface area contributed by atoms with Gasteiger partial charge >= 0.3 is 0 Å². The number of hydrogen-bond acceptors (Lipinski definition) is 3. The summed E-state index contributed by atoms with van der Waals surface area (Å²) in [5, 5.41) is 0. The minimum Gasteiger partial charge on any atom is -0.497 e. The van der Waals surface area contributed by atoms with E-state index in [1.165, 1.54) is 12.8 Å². The molecule has 2 fully saturated rings. The largest absolute Gasteiger partial charge is 0.497 e. The number of hydrogen-bond donors (Lipinski definition) is 0. The molecule has 170 valence electrons. The molecule has 0 aromatic heterocycles. The lowest BCUT2D eigenvalue weighted by Crippen LogP contribution is -2.66. The van der Waals surface area contributed by atoms with Crippen LogP contribution in [0.5, 0.6) is 5.75 Å². The van der Waals surface area contributed by atoms with Crippen LogP contribution in [0.4, 0.5) is 5.69 Å². The first-order valence-corrected chi connectivity index (χ1v) is 11.8. The zero-order valence-corrected chi connectivity index (χ0v) is 19.6. The number of methoxy groups -OCH3 is 1. The van der Waals surface area contributed by atoms with Crippen molar-refractivity contribution < 1.29 is 14.3 Å². The summed E-state index contributed by atoms with van der Waals surface area (Å²) in [4.78, 5) is 15.2. The maximum Gasteiger partial charge on any atom is 0.259 e. The van der Waals surface area contributed by atoms with Crippen LogP contribution in [0.15, 0.2) is 60.7 Å². The molecule has 1 saturated carbocycles. The molecule has 1 saturated heterocycles. The van der Waals surface area contributed by atoms with Crippen molar-refractivity contribution in [2.24, 2.45) is 17.8 Å². The van der Waals surface area contributed by atoms with Crippen LogP contribution in [-0.2, 0) is 9.53 Å². The minimum atomic E-state index is -0.436. The molecule has 1 heterocycles. The Bertz CT molecular complexity index is 921. The highest BCUT2D eigenvalue weighted by Gasteiger charge is 2.50. The van der Waals surface area contributed by atoms with Gasteiger partial charge in [0.25, 0.3) is 5.91 Å². The van der Waals surface area contributed by atoms with Gasteiger partial charge in [-0.05, 0) is 60.4 Å². The van der Waals surface area contributed by atoms with Crippen molar-refractivity contribution in [2.75, 3.05) is 12.0 Å². The molecular weight excluding hydrogens is 398 g/mol. The number of carbonyl (C=O) groups is 1. The van der Waals surface area contributed by atoms with E-state index in [0.717, 1.165) is 23.4 Å². The van der Waals surface area contributed by atoms with Crippen LogP contribution in [-0.4, -0.2) is 31.3 Å². The highest BCUT2D eigenvalue weighted by Crippen LogP contribution is 2.39. The Morgan fingerprint density at radius 2 is 1.75 bits per heavy atom. The van der Waals surface area contributed by atoms with Gasteiger partial charge in [-0.3, -0.25) is 9.69 Å². The van der Waals surface area contributed by atoms with E-state index in [9.17, 15) is 4.79 Å². The molecule has 1 aliphatic carbocycles. The van der Waals surface area contributed by atoms with Crippen LogP contribution in [0, 0.1) is 17.8 Å². The quantitative estimate of drug-likeness (QED) is 0.505. The number of amides is 1. The molecule has 0 spiro atoms. The molecule has 1 amide bonds. The monoisotopic (exact) mass is 433 g/mol. The molecule has 2 aromatic carbocycles. The van der Waals surface area contributed by atoms with Gasteiger partial charge in [-0.15, -0.1) is 0 Å². The normalized spacial score (nSPS) is 28.2. The molecule has 2 aliphatic rings. The summed E-state index contributed by atoms with van der Waals surface area (Å²) < 4.78 is 11.9. The lowest BCUT2D eigenvalue weighted by atomic mass is 9.75. The molecule has 4 nitrogen and oxygen atoms in total. The van der Waals surface area contributed by atoms with E-state index in [1.54, 1.807) is 7.11 Å². The number of carbonyl (C=O) groups excluding carboxylic acids is 1. The van der Waals surface area contributed by atoms with Crippen molar-refractivity contribution in [1.82, 2.24) is 0 Å². The Morgan fingerprint density at radius 3 is 2.41 bits per heavy atom. The molecule has 0 N–H and O–H groups in total. The Labute approximate surface area is 192 Å². The number of ether oxygens (including phenoxy) is 2. The van der Waals surface area contributed by atoms with Gasteiger partial charge in [-0.2, -0.15) is 0 Å². The second kappa shape index (κ2) is 9.91. The van der Waals surface area contributed by atoms with Crippen molar-refractivity contribution in [2.45, 2.75) is 58.3 Å². The van der Waals surface area contributed by atoms with E-state index in [1.807, 2.05) is 47.4 Å². The average molecular weight is 434 g/mol. The first-order valence-electron chi connectivity index (χ1n) is 11.8. The highest BCUT2D eigenvalue weighted by molar-refractivity contribution is 6.05. The van der Waals surface area contributed by atoms with E-state index in [0.29, 0.717) is 17.8 Å². The fourth-order valence-electron chi connectivity index (χ4n) is 5.08. The average Bonchev–Trinajstić information content (AvgIpc) is 2.80. The molecule has 5 atom stereocenters.